The number of ether oxygens (including phenoxy) is 1. The minimum absolute atomic E-state index is 0.0846. The standard InChI is InChI=1S/C16H22N6O3S/c1-22(7-11-8-26-9-17-11)16(24)10-3-4-12(14(5-10)25-2)19-15(23)13-6-18-21-20-13/h6,8-10,12,14H,3-5,7H2,1-2H3,(H,19,23)(H,18,20,21)/t10-,12+,14+/m0/s1. The molecule has 0 aromatic carbocycles. The summed E-state index contributed by atoms with van der Waals surface area (Å²) in [6, 6.07) is -0.155. The highest BCUT2D eigenvalue weighted by molar-refractivity contribution is 7.07. The third kappa shape index (κ3) is 4.25. The van der Waals surface area contributed by atoms with E-state index in [4.69, 9.17) is 4.74 Å². The Bertz CT molecular complexity index is 720. The molecule has 0 radical (unpaired) electrons. The van der Waals surface area contributed by atoms with Crippen LogP contribution in [0.4, 0.5) is 0 Å². The lowest BCUT2D eigenvalue weighted by Gasteiger charge is -2.36. The molecule has 2 aromatic heterocycles. The van der Waals surface area contributed by atoms with Crippen LogP contribution in [-0.2, 0) is 16.1 Å². The zero-order chi connectivity index (χ0) is 18.5. The Balaban J connectivity index is 1.56. The van der Waals surface area contributed by atoms with Gasteiger partial charge in [0, 0.05) is 25.5 Å². The molecule has 1 aliphatic carbocycles. The molecule has 1 fully saturated rings. The van der Waals surface area contributed by atoms with Gasteiger partial charge in [0.15, 0.2) is 5.69 Å². The highest BCUT2D eigenvalue weighted by atomic mass is 32.1. The van der Waals surface area contributed by atoms with Crippen molar-refractivity contribution in [3.63, 3.8) is 0 Å². The molecule has 0 saturated heterocycles. The zero-order valence-corrected chi connectivity index (χ0v) is 15.5. The van der Waals surface area contributed by atoms with E-state index >= 15 is 0 Å². The maximum Gasteiger partial charge on any atom is 0.273 e. The van der Waals surface area contributed by atoms with E-state index in [9.17, 15) is 9.59 Å². The van der Waals surface area contributed by atoms with Crippen LogP contribution in [0.5, 0.6) is 0 Å². The molecule has 1 aliphatic rings. The van der Waals surface area contributed by atoms with E-state index in [1.807, 2.05) is 5.38 Å². The minimum Gasteiger partial charge on any atom is -0.379 e. The van der Waals surface area contributed by atoms with Crippen LogP contribution in [-0.4, -0.2) is 63.4 Å². The highest BCUT2D eigenvalue weighted by Gasteiger charge is 2.36. The fourth-order valence-corrected chi connectivity index (χ4v) is 3.83. The van der Waals surface area contributed by atoms with Crippen LogP contribution in [0.1, 0.15) is 35.4 Å². The molecule has 1 saturated carbocycles. The SMILES string of the molecule is CO[C@@H]1C[C@@H](C(=O)N(C)Cc2cscn2)CC[C@H]1NC(=O)c1cn[nH]n1. The van der Waals surface area contributed by atoms with Gasteiger partial charge in [-0.1, -0.05) is 0 Å². The van der Waals surface area contributed by atoms with E-state index in [0.29, 0.717) is 25.8 Å². The lowest BCUT2D eigenvalue weighted by atomic mass is 9.83. The molecule has 0 aliphatic heterocycles. The monoisotopic (exact) mass is 378 g/mol. The smallest absolute Gasteiger partial charge is 0.273 e. The Hall–Kier alpha value is -2.33. The average molecular weight is 378 g/mol. The molecule has 2 heterocycles. The van der Waals surface area contributed by atoms with E-state index in [0.717, 1.165) is 5.69 Å². The first-order valence-electron chi connectivity index (χ1n) is 8.40. The van der Waals surface area contributed by atoms with Crippen molar-refractivity contribution in [1.82, 2.24) is 30.6 Å². The maximum absolute atomic E-state index is 12.7. The van der Waals surface area contributed by atoms with Gasteiger partial charge in [-0.05, 0) is 19.3 Å². The Morgan fingerprint density at radius 2 is 2.31 bits per heavy atom. The predicted molar refractivity (Wildman–Crippen MR) is 94.4 cm³/mol. The molecular weight excluding hydrogens is 356 g/mol. The van der Waals surface area contributed by atoms with Crippen LogP contribution in [0.3, 0.4) is 0 Å². The van der Waals surface area contributed by atoms with Crippen molar-refractivity contribution in [3.05, 3.63) is 28.5 Å². The second-order valence-corrected chi connectivity index (χ2v) is 7.11. The number of methoxy groups -OCH3 is 1. The van der Waals surface area contributed by atoms with Crippen molar-refractivity contribution < 1.29 is 14.3 Å². The predicted octanol–water partition coefficient (Wildman–Crippen LogP) is 0.833. The average Bonchev–Trinajstić information content (AvgIpc) is 3.35. The van der Waals surface area contributed by atoms with Gasteiger partial charge in [0.25, 0.3) is 5.91 Å². The number of thiazole rings is 1. The molecule has 0 spiro atoms. The van der Waals surface area contributed by atoms with Crippen molar-refractivity contribution >= 4 is 23.2 Å². The lowest BCUT2D eigenvalue weighted by molar-refractivity contribution is -0.137. The molecule has 9 nitrogen and oxygen atoms in total. The molecule has 26 heavy (non-hydrogen) atoms. The summed E-state index contributed by atoms with van der Waals surface area (Å²) >= 11 is 1.52. The van der Waals surface area contributed by atoms with E-state index < -0.39 is 0 Å². The van der Waals surface area contributed by atoms with Crippen LogP contribution < -0.4 is 5.32 Å². The second-order valence-electron chi connectivity index (χ2n) is 6.39. The fourth-order valence-electron chi connectivity index (χ4n) is 3.28. The van der Waals surface area contributed by atoms with Crippen LogP contribution in [0, 0.1) is 5.92 Å². The number of carbonyl (C=O) groups excluding carboxylic acids is 2. The van der Waals surface area contributed by atoms with Crippen LogP contribution in [0.25, 0.3) is 0 Å². The van der Waals surface area contributed by atoms with Crippen LogP contribution in [0.15, 0.2) is 17.1 Å². The zero-order valence-electron chi connectivity index (χ0n) is 14.7. The first-order valence-corrected chi connectivity index (χ1v) is 9.34. The summed E-state index contributed by atoms with van der Waals surface area (Å²) in [6.45, 7) is 0.503. The highest BCUT2D eigenvalue weighted by Crippen LogP contribution is 2.28. The number of hydrogen-bond acceptors (Lipinski definition) is 7. The van der Waals surface area contributed by atoms with Crippen molar-refractivity contribution in [2.45, 2.75) is 38.0 Å². The molecule has 2 amide bonds. The summed E-state index contributed by atoms with van der Waals surface area (Å²) in [5.41, 5.74) is 2.89. The van der Waals surface area contributed by atoms with Gasteiger partial charge >= 0.3 is 0 Å². The van der Waals surface area contributed by atoms with Gasteiger partial charge < -0.3 is 15.0 Å². The Labute approximate surface area is 155 Å². The molecule has 140 valence electrons. The second kappa shape index (κ2) is 8.37. The number of nitrogens with zero attached hydrogens (tertiary/aromatic N) is 4. The largest absolute Gasteiger partial charge is 0.379 e. The third-order valence-corrected chi connectivity index (χ3v) is 5.30. The lowest BCUT2D eigenvalue weighted by Crippen LogP contribution is -2.50. The van der Waals surface area contributed by atoms with Gasteiger partial charge in [0.05, 0.1) is 36.1 Å². The van der Waals surface area contributed by atoms with E-state index in [1.165, 1.54) is 17.5 Å². The number of hydrogen-bond donors (Lipinski definition) is 2. The number of nitrogens with one attached hydrogen (secondary N) is 2. The normalized spacial score (nSPS) is 22.8. The van der Waals surface area contributed by atoms with Gasteiger partial charge in [-0.2, -0.15) is 15.4 Å². The molecular formula is C16H22N6O3S. The van der Waals surface area contributed by atoms with Gasteiger partial charge in [0.1, 0.15) is 0 Å². The van der Waals surface area contributed by atoms with Crippen LogP contribution in [0.2, 0.25) is 0 Å². The summed E-state index contributed by atoms with van der Waals surface area (Å²) < 4.78 is 5.55. The van der Waals surface area contributed by atoms with Gasteiger partial charge in [-0.25, -0.2) is 4.98 Å². The molecule has 0 unspecified atom stereocenters. The molecule has 3 rings (SSSR count). The number of aromatic amines is 1. The number of aromatic nitrogens is 4. The Morgan fingerprint density at radius 1 is 1.46 bits per heavy atom. The first-order chi connectivity index (χ1) is 12.6. The van der Waals surface area contributed by atoms with Gasteiger partial charge in [-0.3, -0.25) is 9.59 Å². The van der Waals surface area contributed by atoms with Gasteiger partial charge in [-0.15, -0.1) is 11.3 Å². The molecule has 0 bridgehead atoms. The Morgan fingerprint density at radius 3 is 2.96 bits per heavy atom. The fraction of sp³-hybridized carbons (Fsp3) is 0.562. The number of H-pyrrole nitrogens is 1. The van der Waals surface area contributed by atoms with Crippen LogP contribution >= 0.6 is 11.3 Å². The number of rotatable bonds is 6. The molecule has 3 atom stereocenters. The van der Waals surface area contributed by atoms with E-state index in [-0.39, 0.29) is 35.6 Å². The number of carbonyl (C=O) groups is 2. The topological polar surface area (TPSA) is 113 Å². The molecule has 2 aromatic rings. The molecule has 10 heteroatoms. The van der Waals surface area contributed by atoms with Crippen molar-refractivity contribution in [2.75, 3.05) is 14.2 Å². The quantitative estimate of drug-likeness (QED) is 0.770. The third-order valence-electron chi connectivity index (χ3n) is 4.67. The first kappa shape index (κ1) is 18.5. The van der Waals surface area contributed by atoms with Crippen molar-refractivity contribution in [3.8, 4) is 0 Å². The van der Waals surface area contributed by atoms with Crippen molar-refractivity contribution in [1.29, 1.82) is 0 Å². The number of amides is 2. The Kier molecular flexibility index (Phi) is 5.94. The summed E-state index contributed by atoms with van der Waals surface area (Å²) in [5.74, 6) is -0.332. The summed E-state index contributed by atoms with van der Waals surface area (Å²) in [7, 11) is 3.40. The van der Waals surface area contributed by atoms with Crippen molar-refractivity contribution in [2.24, 2.45) is 5.92 Å². The minimum atomic E-state index is -0.295. The summed E-state index contributed by atoms with van der Waals surface area (Å²) in [6.07, 6.45) is 3.09. The van der Waals surface area contributed by atoms with Gasteiger partial charge in [0.2, 0.25) is 5.91 Å². The summed E-state index contributed by atoms with van der Waals surface area (Å²) in [5, 5.41) is 14.7. The summed E-state index contributed by atoms with van der Waals surface area (Å²) in [4.78, 5) is 30.8. The maximum atomic E-state index is 12.7. The van der Waals surface area contributed by atoms with E-state index in [2.05, 4.69) is 25.7 Å². The molecule has 2 N–H and O–H groups in total. The van der Waals surface area contributed by atoms with E-state index in [1.54, 1.807) is 24.6 Å².